The molecule has 0 aliphatic heterocycles. The maximum absolute atomic E-state index is 4.26. The number of nitrogens with one attached hydrogen (secondary N) is 1. The number of nitrogens with zero attached hydrogens (tertiary/aromatic N) is 2. The first-order valence-corrected chi connectivity index (χ1v) is 8.40. The molecule has 4 aliphatic rings. The molecule has 4 aliphatic carbocycles. The molecular weight excluding hydrogens is 246 g/mol. The maximum atomic E-state index is 4.26. The van der Waals surface area contributed by atoms with Crippen LogP contribution in [-0.2, 0) is 13.6 Å². The van der Waals surface area contributed by atoms with Gasteiger partial charge in [-0.05, 0) is 68.6 Å². The molecule has 0 radical (unpaired) electrons. The zero-order valence-electron chi connectivity index (χ0n) is 12.8. The average molecular weight is 273 g/mol. The second-order valence-electron chi connectivity index (χ2n) is 7.70. The Kier molecular flexibility index (Phi) is 3.13. The van der Waals surface area contributed by atoms with Crippen molar-refractivity contribution in [3.8, 4) is 0 Å². The van der Waals surface area contributed by atoms with Gasteiger partial charge in [-0.2, -0.15) is 5.10 Å². The smallest absolute Gasteiger partial charge is 0.0534 e. The molecule has 1 aromatic heterocycles. The number of hydrogen-bond acceptors (Lipinski definition) is 2. The molecule has 4 bridgehead atoms. The lowest BCUT2D eigenvalue weighted by Crippen LogP contribution is -2.51. The summed E-state index contributed by atoms with van der Waals surface area (Å²) in [6, 6.07) is 0.658. The third-order valence-corrected chi connectivity index (χ3v) is 6.26. The minimum atomic E-state index is 0.658. The average Bonchev–Trinajstić information content (AvgIpc) is 2.81. The van der Waals surface area contributed by atoms with Crippen LogP contribution in [0.4, 0.5) is 0 Å². The molecule has 20 heavy (non-hydrogen) atoms. The molecule has 3 heteroatoms. The number of hydrogen-bond donors (Lipinski definition) is 1. The van der Waals surface area contributed by atoms with E-state index in [1.54, 1.807) is 6.42 Å². The highest BCUT2D eigenvalue weighted by Crippen LogP contribution is 2.57. The second kappa shape index (κ2) is 4.87. The van der Waals surface area contributed by atoms with Crippen LogP contribution in [0, 0.1) is 29.6 Å². The number of aromatic nitrogens is 2. The van der Waals surface area contributed by atoms with Crippen molar-refractivity contribution >= 4 is 0 Å². The first-order valence-electron chi connectivity index (χ1n) is 8.40. The Balaban J connectivity index is 1.40. The molecule has 0 saturated heterocycles. The summed E-state index contributed by atoms with van der Waals surface area (Å²) in [6.45, 7) is 3.39. The summed E-state index contributed by atoms with van der Waals surface area (Å²) >= 11 is 0. The van der Waals surface area contributed by atoms with E-state index in [2.05, 4.69) is 23.5 Å². The van der Waals surface area contributed by atoms with Crippen molar-refractivity contribution in [3.05, 3.63) is 18.0 Å². The molecule has 4 fully saturated rings. The summed E-state index contributed by atoms with van der Waals surface area (Å²) in [6.07, 6.45) is 11.8. The Hall–Kier alpha value is -0.830. The van der Waals surface area contributed by atoms with Crippen LogP contribution in [0.3, 0.4) is 0 Å². The SMILES string of the molecule is CC(NCc1cnn(C)c1)C1C2CC3CC(C2)CC1C3. The first-order chi connectivity index (χ1) is 9.69. The normalized spacial score (nSPS) is 40.2. The van der Waals surface area contributed by atoms with Crippen LogP contribution in [0.2, 0.25) is 0 Å². The van der Waals surface area contributed by atoms with Crippen molar-refractivity contribution in [2.75, 3.05) is 0 Å². The molecular formula is C17H27N3. The zero-order chi connectivity index (χ0) is 13.7. The van der Waals surface area contributed by atoms with Gasteiger partial charge in [0.25, 0.3) is 0 Å². The first kappa shape index (κ1) is 12.9. The van der Waals surface area contributed by atoms with Gasteiger partial charge in [-0.15, -0.1) is 0 Å². The zero-order valence-corrected chi connectivity index (χ0v) is 12.8. The van der Waals surface area contributed by atoms with E-state index in [1.807, 2.05) is 17.9 Å². The highest BCUT2D eigenvalue weighted by molar-refractivity contribution is 5.05. The van der Waals surface area contributed by atoms with Gasteiger partial charge < -0.3 is 5.32 Å². The monoisotopic (exact) mass is 273 g/mol. The van der Waals surface area contributed by atoms with E-state index in [-0.39, 0.29) is 0 Å². The van der Waals surface area contributed by atoms with E-state index in [0.717, 1.165) is 36.1 Å². The van der Waals surface area contributed by atoms with Crippen LogP contribution >= 0.6 is 0 Å². The van der Waals surface area contributed by atoms with E-state index >= 15 is 0 Å². The number of aryl methyl sites for hydroxylation is 1. The second-order valence-corrected chi connectivity index (χ2v) is 7.70. The van der Waals surface area contributed by atoms with Crippen LogP contribution in [0.5, 0.6) is 0 Å². The van der Waals surface area contributed by atoms with Gasteiger partial charge in [-0.1, -0.05) is 0 Å². The third-order valence-electron chi connectivity index (χ3n) is 6.26. The summed E-state index contributed by atoms with van der Waals surface area (Å²) < 4.78 is 1.89. The minimum absolute atomic E-state index is 0.658. The quantitative estimate of drug-likeness (QED) is 0.914. The summed E-state index contributed by atoms with van der Waals surface area (Å²) in [7, 11) is 1.99. The fourth-order valence-electron chi connectivity index (χ4n) is 5.76. The largest absolute Gasteiger partial charge is 0.310 e. The van der Waals surface area contributed by atoms with E-state index in [1.165, 1.54) is 31.2 Å². The predicted molar refractivity (Wildman–Crippen MR) is 80.0 cm³/mol. The van der Waals surface area contributed by atoms with Gasteiger partial charge in [-0.25, -0.2) is 0 Å². The molecule has 1 heterocycles. The van der Waals surface area contributed by atoms with Crippen molar-refractivity contribution in [2.24, 2.45) is 36.6 Å². The molecule has 5 rings (SSSR count). The highest BCUT2D eigenvalue weighted by Gasteiger charge is 2.49. The van der Waals surface area contributed by atoms with Crippen molar-refractivity contribution in [1.29, 1.82) is 0 Å². The van der Waals surface area contributed by atoms with Crippen LogP contribution in [0.25, 0.3) is 0 Å². The van der Waals surface area contributed by atoms with Gasteiger partial charge in [-0.3, -0.25) is 4.68 Å². The van der Waals surface area contributed by atoms with Crippen LogP contribution in [-0.4, -0.2) is 15.8 Å². The third kappa shape index (κ3) is 2.20. The van der Waals surface area contributed by atoms with Crippen molar-refractivity contribution in [1.82, 2.24) is 15.1 Å². The van der Waals surface area contributed by atoms with Crippen molar-refractivity contribution < 1.29 is 0 Å². The molecule has 1 unspecified atom stereocenters. The fraction of sp³-hybridized carbons (Fsp3) is 0.824. The summed E-state index contributed by atoms with van der Waals surface area (Å²) in [5.41, 5.74) is 1.31. The fourth-order valence-corrected chi connectivity index (χ4v) is 5.76. The molecule has 3 nitrogen and oxygen atoms in total. The minimum Gasteiger partial charge on any atom is -0.310 e. The molecule has 1 aromatic rings. The molecule has 0 amide bonds. The Bertz CT molecular complexity index is 450. The summed E-state index contributed by atoms with van der Waals surface area (Å²) in [4.78, 5) is 0. The summed E-state index contributed by atoms with van der Waals surface area (Å²) in [5, 5.41) is 8.04. The Morgan fingerprint density at radius 2 is 1.85 bits per heavy atom. The van der Waals surface area contributed by atoms with Crippen LogP contribution in [0.1, 0.15) is 44.6 Å². The Morgan fingerprint density at radius 3 is 2.40 bits per heavy atom. The molecule has 110 valence electrons. The van der Waals surface area contributed by atoms with Crippen molar-refractivity contribution in [3.63, 3.8) is 0 Å². The molecule has 0 aromatic carbocycles. The van der Waals surface area contributed by atoms with Crippen molar-refractivity contribution in [2.45, 2.75) is 51.6 Å². The van der Waals surface area contributed by atoms with E-state index in [9.17, 15) is 0 Å². The van der Waals surface area contributed by atoms with Crippen LogP contribution in [0.15, 0.2) is 12.4 Å². The van der Waals surface area contributed by atoms with Gasteiger partial charge in [0, 0.05) is 31.4 Å². The Morgan fingerprint density at radius 1 is 1.20 bits per heavy atom. The molecule has 0 spiro atoms. The maximum Gasteiger partial charge on any atom is 0.0534 e. The lowest BCUT2D eigenvalue weighted by molar-refractivity contribution is -0.0494. The van der Waals surface area contributed by atoms with Gasteiger partial charge in [0.15, 0.2) is 0 Å². The standard InChI is InChI=1S/C17H27N3/c1-11(18-8-14-9-19-20(2)10-14)17-15-4-12-3-13(6-15)7-16(17)5-12/h9-13,15-18H,3-8H2,1-2H3. The van der Waals surface area contributed by atoms with Gasteiger partial charge in [0.1, 0.15) is 0 Å². The lowest BCUT2D eigenvalue weighted by atomic mass is 9.50. The van der Waals surface area contributed by atoms with Gasteiger partial charge >= 0.3 is 0 Å². The topological polar surface area (TPSA) is 29.9 Å². The lowest BCUT2D eigenvalue weighted by Gasteiger charge is -2.56. The van der Waals surface area contributed by atoms with E-state index in [4.69, 9.17) is 0 Å². The summed E-state index contributed by atoms with van der Waals surface area (Å²) in [5.74, 6) is 5.13. The predicted octanol–water partition coefficient (Wildman–Crippen LogP) is 2.97. The van der Waals surface area contributed by atoms with Gasteiger partial charge in [0.2, 0.25) is 0 Å². The van der Waals surface area contributed by atoms with Gasteiger partial charge in [0.05, 0.1) is 6.20 Å². The van der Waals surface area contributed by atoms with E-state index < -0.39 is 0 Å². The molecule has 1 atom stereocenters. The number of rotatable bonds is 4. The highest BCUT2D eigenvalue weighted by atomic mass is 15.2. The molecule has 1 N–H and O–H groups in total. The molecule has 4 saturated carbocycles. The van der Waals surface area contributed by atoms with E-state index in [0.29, 0.717) is 6.04 Å². The Labute approximate surface area is 122 Å². The van der Waals surface area contributed by atoms with Crippen LogP contribution < -0.4 is 5.32 Å².